The molecule has 0 atom stereocenters. The summed E-state index contributed by atoms with van der Waals surface area (Å²) in [5, 5.41) is 13.4. The molecule has 0 amide bonds. The van der Waals surface area contributed by atoms with Crippen LogP contribution in [0.15, 0.2) is 58.5 Å². The van der Waals surface area contributed by atoms with Crippen molar-refractivity contribution >= 4 is 22.7 Å². The molecule has 2 heterocycles. The Balaban J connectivity index is 1.68. The van der Waals surface area contributed by atoms with Crippen molar-refractivity contribution in [3.63, 3.8) is 0 Å². The zero-order valence-corrected chi connectivity index (χ0v) is 18.0. The maximum Gasteiger partial charge on any atom is 0.262 e. The van der Waals surface area contributed by atoms with Crippen LogP contribution in [0.4, 0.5) is 0 Å². The van der Waals surface area contributed by atoms with E-state index in [1.54, 1.807) is 4.57 Å². The highest BCUT2D eigenvalue weighted by Crippen LogP contribution is 2.22. The molecule has 2 aromatic carbocycles. The minimum atomic E-state index is -0.0331. The summed E-state index contributed by atoms with van der Waals surface area (Å²) in [6.45, 7) is 5.46. The third-order valence-corrected chi connectivity index (χ3v) is 5.92. The summed E-state index contributed by atoms with van der Waals surface area (Å²) >= 11 is 1.49. The van der Waals surface area contributed by atoms with Gasteiger partial charge in [0, 0.05) is 6.54 Å². The van der Waals surface area contributed by atoms with Crippen molar-refractivity contribution in [1.29, 1.82) is 0 Å². The third kappa shape index (κ3) is 4.43. The fourth-order valence-electron chi connectivity index (χ4n) is 3.21. The highest BCUT2D eigenvalue weighted by atomic mass is 32.2. The van der Waals surface area contributed by atoms with E-state index in [1.165, 1.54) is 17.3 Å². The molecule has 0 fully saturated rings. The van der Waals surface area contributed by atoms with Crippen molar-refractivity contribution in [2.45, 2.75) is 50.7 Å². The van der Waals surface area contributed by atoms with Gasteiger partial charge in [-0.25, -0.2) is 9.67 Å². The summed E-state index contributed by atoms with van der Waals surface area (Å²) in [5.74, 6) is 1.34. The van der Waals surface area contributed by atoms with Gasteiger partial charge in [0.05, 0.1) is 23.2 Å². The Labute approximate surface area is 179 Å². The van der Waals surface area contributed by atoms with Crippen molar-refractivity contribution in [1.82, 2.24) is 29.8 Å². The minimum Gasteiger partial charge on any atom is -0.283 e. The van der Waals surface area contributed by atoms with E-state index in [4.69, 9.17) is 4.98 Å². The first kappa shape index (κ1) is 20.3. The van der Waals surface area contributed by atoms with Crippen LogP contribution in [-0.2, 0) is 18.8 Å². The van der Waals surface area contributed by atoms with Crippen LogP contribution in [0.5, 0.6) is 0 Å². The van der Waals surface area contributed by atoms with Crippen molar-refractivity contribution < 1.29 is 0 Å². The molecule has 0 aliphatic rings. The highest BCUT2D eigenvalue weighted by molar-refractivity contribution is 7.98. The Morgan fingerprint density at radius 1 is 1.07 bits per heavy atom. The smallest absolute Gasteiger partial charge is 0.262 e. The molecule has 7 nitrogen and oxygen atoms in total. The molecule has 8 heteroatoms. The number of fused-ring (bicyclic) bond motifs is 1. The predicted molar refractivity (Wildman–Crippen MR) is 119 cm³/mol. The van der Waals surface area contributed by atoms with Gasteiger partial charge in [-0.3, -0.25) is 9.36 Å². The lowest BCUT2D eigenvalue weighted by Gasteiger charge is -2.13. The molecule has 2 aromatic heterocycles. The predicted octanol–water partition coefficient (Wildman–Crippen LogP) is 3.83. The fraction of sp³-hybridized carbons (Fsp3) is 0.318. The molecule has 0 saturated heterocycles. The van der Waals surface area contributed by atoms with Crippen LogP contribution >= 0.6 is 11.8 Å². The number of hydrogen-bond acceptors (Lipinski definition) is 6. The second-order valence-electron chi connectivity index (χ2n) is 7.25. The van der Waals surface area contributed by atoms with Gasteiger partial charge in [-0.05, 0) is 41.5 Å². The van der Waals surface area contributed by atoms with Crippen LogP contribution in [-0.4, -0.2) is 29.8 Å². The summed E-state index contributed by atoms with van der Waals surface area (Å²) in [6, 6.07) is 15.7. The Morgan fingerprint density at radius 3 is 2.67 bits per heavy atom. The molecule has 0 radical (unpaired) electrons. The van der Waals surface area contributed by atoms with E-state index in [0.717, 1.165) is 30.8 Å². The standard InChI is InChI=1S/C22H24N6OS/c1-3-4-13-28-20(24-25-26-28)15-30-22-23-19-8-6-5-7-18(19)21(29)27(22)14-17-11-9-16(2)10-12-17/h5-12H,3-4,13-15H2,1-2H3. The molecule has 0 bridgehead atoms. The normalized spacial score (nSPS) is 11.3. The monoisotopic (exact) mass is 420 g/mol. The molecular formula is C22H24N6OS. The summed E-state index contributed by atoms with van der Waals surface area (Å²) < 4.78 is 3.58. The van der Waals surface area contributed by atoms with Crippen molar-refractivity contribution in [2.24, 2.45) is 0 Å². The molecule has 0 aliphatic heterocycles. The van der Waals surface area contributed by atoms with Gasteiger partial charge in [0.2, 0.25) is 0 Å². The highest BCUT2D eigenvalue weighted by Gasteiger charge is 2.14. The van der Waals surface area contributed by atoms with E-state index in [-0.39, 0.29) is 5.56 Å². The first-order valence-electron chi connectivity index (χ1n) is 10.1. The molecule has 4 rings (SSSR count). The minimum absolute atomic E-state index is 0.0331. The first-order valence-corrected chi connectivity index (χ1v) is 11.1. The van der Waals surface area contributed by atoms with Crippen LogP contribution in [0.1, 0.15) is 36.7 Å². The summed E-state index contributed by atoms with van der Waals surface area (Å²) in [7, 11) is 0. The van der Waals surface area contributed by atoms with Crippen LogP contribution in [0, 0.1) is 6.92 Å². The van der Waals surface area contributed by atoms with Gasteiger partial charge in [0.1, 0.15) is 0 Å². The van der Waals surface area contributed by atoms with E-state index in [0.29, 0.717) is 28.4 Å². The number of benzene rings is 2. The average molecular weight is 421 g/mol. The number of aryl methyl sites for hydroxylation is 2. The topological polar surface area (TPSA) is 78.5 Å². The van der Waals surface area contributed by atoms with Crippen LogP contribution in [0.2, 0.25) is 0 Å². The summed E-state index contributed by atoms with van der Waals surface area (Å²) in [4.78, 5) is 18.0. The average Bonchev–Trinajstić information content (AvgIpc) is 3.21. The molecule has 30 heavy (non-hydrogen) atoms. The number of rotatable bonds is 8. The van der Waals surface area contributed by atoms with Crippen molar-refractivity contribution in [2.75, 3.05) is 0 Å². The maximum absolute atomic E-state index is 13.3. The second kappa shape index (κ2) is 9.21. The molecular weight excluding hydrogens is 396 g/mol. The third-order valence-electron chi connectivity index (χ3n) is 4.95. The van der Waals surface area contributed by atoms with Gasteiger partial charge in [-0.1, -0.05) is 67.1 Å². The van der Waals surface area contributed by atoms with E-state index in [9.17, 15) is 4.79 Å². The molecule has 0 spiro atoms. The molecule has 0 unspecified atom stereocenters. The number of tetrazole rings is 1. The zero-order chi connectivity index (χ0) is 20.9. The quantitative estimate of drug-likeness (QED) is 0.318. The lowest BCUT2D eigenvalue weighted by atomic mass is 10.1. The number of unbranched alkanes of at least 4 members (excludes halogenated alkanes) is 1. The number of thioether (sulfide) groups is 1. The largest absolute Gasteiger partial charge is 0.283 e. The van der Waals surface area contributed by atoms with Crippen LogP contribution < -0.4 is 5.56 Å². The van der Waals surface area contributed by atoms with E-state index >= 15 is 0 Å². The molecule has 154 valence electrons. The van der Waals surface area contributed by atoms with E-state index in [1.807, 2.05) is 28.9 Å². The lowest BCUT2D eigenvalue weighted by Crippen LogP contribution is -2.24. The Kier molecular flexibility index (Phi) is 6.23. The number of hydrogen-bond donors (Lipinski definition) is 0. The maximum atomic E-state index is 13.3. The summed E-state index contributed by atoms with van der Waals surface area (Å²) in [6.07, 6.45) is 2.10. The summed E-state index contributed by atoms with van der Waals surface area (Å²) in [5.41, 5.74) is 2.93. The Morgan fingerprint density at radius 2 is 1.87 bits per heavy atom. The Bertz CT molecular complexity index is 1200. The molecule has 4 aromatic rings. The first-order chi connectivity index (χ1) is 14.7. The van der Waals surface area contributed by atoms with Gasteiger partial charge in [-0.15, -0.1) is 5.10 Å². The SMILES string of the molecule is CCCCn1nnnc1CSc1nc2ccccc2c(=O)n1Cc1ccc(C)cc1. The Hall–Kier alpha value is -3.00. The second-order valence-corrected chi connectivity index (χ2v) is 8.19. The van der Waals surface area contributed by atoms with Gasteiger partial charge in [0.15, 0.2) is 11.0 Å². The number of nitrogens with zero attached hydrogens (tertiary/aromatic N) is 6. The van der Waals surface area contributed by atoms with Crippen molar-refractivity contribution in [3.8, 4) is 0 Å². The van der Waals surface area contributed by atoms with Gasteiger partial charge >= 0.3 is 0 Å². The number of aromatic nitrogens is 6. The lowest BCUT2D eigenvalue weighted by molar-refractivity contribution is 0.540. The van der Waals surface area contributed by atoms with Crippen LogP contribution in [0.3, 0.4) is 0 Å². The van der Waals surface area contributed by atoms with Gasteiger partial charge in [0.25, 0.3) is 5.56 Å². The van der Waals surface area contributed by atoms with Gasteiger partial charge < -0.3 is 0 Å². The fourth-order valence-corrected chi connectivity index (χ4v) is 4.14. The van der Waals surface area contributed by atoms with E-state index in [2.05, 4.69) is 53.6 Å². The zero-order valence-electron chi connectivity index (χ0n) is 17.2. The molecule has 0 aliphatic carbocycles. The van der Waals surface area contributed by atoms with Crippen molar-refractivity contribution in [3.05, 3.63) is 75.8 Å². The van der Waals surface area contributed by atoms with Crippen LogP contribution in [0.25, 0.3) is 10.9 Å². The molecule has 0 saturated carbocycles. The number of para-hydroxylation sites is 1. The van der Waals surface area contributed by atoms with Gasteiger partial charge in [-0.2, -0.15) is 0 Å². The van der Waals surface area contributed by atoms with E-state index < -0.39 is 0 Å². The molecule has 0 N–H and O–H groups in total.